The smallest absolute Gasteiger partial charge is 0.352 e. The minimum atomic E-state index is -0.467. The van der Waals surface area contributed by atoms with Crippen LogP contribution in [0.1, 0.15) is 29.9 Å². The molecule has 2 rings (SSSR count). The Morgan fingerprint density at radius 3 is 2.63 bits per heavy atom. The van der Waals surface area contributed by atoms with Crippen LogP contribution in [-0.2, 0) is 11.3 Å². The zero-order chi connectivity index (χ0) is 14.0. The van der Waals surface area contributed by atoms with Gasteiger partial charge in [0.25, 0.3) is 0 Å². The number of hydrogen-bond donors (Lipinski definition) is 2. The van der Waals surface area contributed by atoms with Crippen molar-refractivity contribution in [1.82, 2.24) is 5.01 Å². The molecule has 0 bridgehead atoms. The topological polar surface area (TPSA) is 84.8 Å². The highest BCUT2D eigenvalue weighted by Gasteiger charge is 2.28. The third-order valence-corrected chi connectivity index (χ3v) is 3.26. The molecule has 0 aliphatic heterocycles. The molecule has 1 aliphatic carbocycles. The Hall–Kier alpha value is -1.63. The first-order valence-corrected chi connectivity index (χ1v) is 6.24. The van der Waals surface area contributed by atoms with E-state index in [2.05, 4.69) is 6.07 Å². The second-order valence-electron chi connectivity index (χ2n) is 4.82. The fourth-order valence-electron chi connectivity index (χ4n) is 2.17. The standard InChI is InChI=1S/C13H20N4O2/c1-16(14)13(18)17(15)12-5-3-4-10(9-6-7-9)11(12)8-19-2/h3-5,9H,6-8,14-15H2,1-2H3. The fraction of sp³-hybridized carbons (Fsp3) is 0.462. The molecule has 1 fully saturated rings. The lowest BCUT2D eigenvalue weighted by atomic mass is 10.0. The molecule has 6 heteroatoms. The van der Waals surface area contributed by atoms with Crippen LogP contribution < -0.4 is 16.7 Å². The Morgan fingerprint density at radius 1 is 1.42 bits per heavy atom. The number of amides is 2. The monoisotopic (exact) mass is 264 g/mol. The van der Waals surface area contributed by atoms with Gasteiger partial charge in [-0.3, -0.25) is 5.01 Å². The van der Waals surface area contributed by atoms with Gasteiger partial charge in [-0.05, 0) is 30.4 Å². The second kappa shape index (κ2) is 5.56. The first-order valence-electron chi connectivity index (χ1n) is 6.24. The van der Waals surface area contributed by atoms with Gasteiger partial charge in [-0.2, -0.15) is 0 Å². The number of urea groups is 1. The second-order valence-corrected chi connectivity index (χ2v) is 4.82. The van der Waals surface area contributed by atoms with E-state index < -0.39 is 6.03 Å². The highest BCUT2D eigenvalue weighted by molar-refractivity contribution is 5.91. The van der Waals surface area contributed by atoms with E-state index >= 15 is 0 Å². The maximum Gasteiger partial charge on any atom is 0.352 e. The summed E-state index contributed by atoms with van der Waals surface area (Å²) >= 11 is 0. The average molecular weight is 264 g/mol. The highest BCUT2D eigenvalue weighted by atomic mass is 16.5. The number of ether oxygens (including phenoxy) is 1. The van der Waals surface area contributed by atoms with Gasteiger partial charge >= 0.3 is 6.03 Å². The van der Waals surface area contributed by atoms with Crippen molar-refractivity contribution in [1.29, 1.82) is 0 Å². The Labute approximate surface area is 112 Å². The third-order valence-electron chi connectivity index (χ3n) is 3.26. The number of hydrogen-bond acceptors (Lipinski definition) is 4. The van der Waals surface area contributed by atoms with E-state index in [4.69, 9.17) is 16.4 Å². The number of hydrazine groups is 2. The van der Waals surface area contributed by atoms with E-state index in [9.17, 15) is 4.79 Å². The molecule has 1 aromatic rings. The number of anilines is 1. The summed E-state index contributed by atoms with van der Waals surface area (Å²) in [5.74, 6) is 11.9. The number of carbonyl (C=O) groups excluding carboxylic acids is 1. The van der Waals surface area contributed by atoms with Crippen molar-refractivity contribution in [3.05, 3.63) is 29.3 Å². The predicted molar refractivity (Wildman–Crippen MR) is 73.1 cm³/mol. The fourth-order valence-corrected chi connectivity index (χ4v) is 2.17. The predicted octanol–water partition coefficient (Wildman–Crippen LogP) is 1.32. The van der Waals surface area contributed by atoms with Crippen LogP contribution in [0.15, 0.2) is 18.2 Å². The first-order chi connectivity index (χ1) is 9.06. The van der Waals surface area contributed by atoms with E-state index in [-0.39, 0.29) is 0 Å². The van der Waals surface area contributed by atoms with Crippen molar-refractivity contribution in [2.45, 2.75) is 25.4 Å². The summed E-state index contributed by atoms with van der Waals surface area (Å²) in [5.41, 5.74) is 2.82. The molecule has 0 atom stereocenters. The Bertz CT molecular complexity index is 472. The van der Waals surface area contributed by atoms with Gasteiger partial charge in [-0.15, -0.1) is 0 Å². The van der Waals surface area contributed by atoms with Crippen molar-refractivity contribution >= 4 is 11.7 Å². The third kappa shape index (κ3) is 2.86. The van der Waals surface area contributed by atoms with E-state index in [1.807, 2.05) is 12.1 Å². The lowest BCUT2D eigenvalue weighted by Gasteiger charge is -2.24. The van der Waals surface area contributed by atoms with Crippen LogP contribution >= 0.6 is 0 Å². The molecule has 19 heavy (non-hydrogen) atoms. The summed E-state index contributed by atoms with van der Waals surface area (Å²) in [7, 11) is 3.09. The van der Waals surface area contributed by atoms with Crippen molar-refractivity contribution in [2.75, 3.05) is 19.2 Å². The molecule has 2 amide bonds. The molecule has 1 saturated carbocycles. The van der Waals surface area contributed by atoms with Gasteiger partial charge < -0.3 is 4.74 Å². The lowest BCUT2D eigenvalue weighted by Crippen LogP contribution is -2.49. The minimum absolute atomic E-state index is 0.428. The van der Waals surface area contributed by atoms with E-state index in [1.165, 1.54) is 25.5 Å². The number of nitrogens with zero attached hydrogens (tertiary/aromatic N) is 2. The van der Waals surface area contributed by atoms with Crippen LogP contribution in [0.2, 0.25) is 0 Å². The summed E-state index contributed by atoms with van der Waals surface area (Å²) in [4.78, 5) is 11.9. The lowest BCUT2D eigenvalue weighted by molar-refractivity contribution is 0.184. The molecule has 1 aromatic carbocycles. The quantitative estimate of drug-likeness (QED) is 0.488. The van der Waals surface area contributed by atoms with Crippen molar-refractivity contribution in [3.8, 4) is 0 Å². The molecule has 1 aliphatic rings. The zero-order valence-electron chi connectivity index (χ0n) is 11.3. The van der Waals surface area contributed by atoms with Crippen LogP contribution in [0, 0.1) is 0 Å². The maximum absolute atomic E-state index is 11.9. The number of carbonyl (C=O) groups is 1. The SMILES string of the molecule is COCc1c(C2CC2)cccc1N(N)C(=O)N(C)N. The van der Waals surface area contributed by atoms with Gasteiger partial charge in [0.15, 0.2) is 0 Å². The summed E-state index contributed by atoms with van der Waals surface area (Å²) in [5, 5.41) is 2.03. The molecule has 0 aromatic heterocycles. The molecule has 6 nitrogen and oxygen atoms in total. The molecule has 0 spiro atoms. The Morgan fingerprint density at radius 2 is 2.11 bits per heavy atom. The van der Waals surface area contributed by atoms with Gasteiger partial charge in [0, 0.05) is 19.7 Å². The van der Waals surface area contributed by atoms with Gasteiger partial charge in [-0.25, -0.2) is 21.5 Å². The number of benzene rings is 1. The van der Waals surface area contributed by atoms with Gasteiger partial charge in [0.1, 0.15) is 0 Å². The van der Waals surface area contributed by atoms with E-state index in [1.54, 1.807) is 7.11 Å². The Balaban J connectivity index is 2.38. The number of nitrogens with two attached hydrogens (primary N) is 2. The van der Waals surface area contributed by atoms with Crippen molar-refractivity contribution in [3.63, 3.8) is 0 Å². The molecule has 0 heterocycles. The van der Waals surface area contributed by atoms with E-state index in [0.717, 1.165) is 15.6 Å². The molecular weight excluding hydrogens is 244 g/mol. The van der Waals surface area contributed by atoms with Crippen LogP contribution in [0.4, 0.5) is 10.5 Å². The first kappa shape index (κ1) is 13.8. The van der Waals surface area contributed by atoms with Crippen molar-refractivity contribution < 1.29 is 9.53 Å². The number of rotatable bonds is 4. The van der Waals surface area contributed by atoms with Gasteiger partial charge in [0.2, 0.25) is 0 Å². The van der Waals surface area contributed by atoms with Crippen molar-refractivity contribution in [2.24, 2.45) is 11.7 Å². The Kier molecular flexibility index (Phi) is 4.04. The molecule has 0 saturated heterocycles. The van der Waals surface area contributed by atoms with Crippen LogP contribution in [0.25, 0.3) is 0 Å². The highest BCUT2D eigenvalue weighted by Crippen LogP contribution is 2.43. The largest absolute Gasteiger partial charge is 0.380 e. The number of methoxy groups -OCH3 is 1. The van der Waals surface area contributed by atoms with Crippen LogP contribution in [0.5, 0.6) is 0 Å². The minimum Gasteiger partial charge on any atom is -0.380 e. The maximum atomic E-state index is 11.9. The van der Waals surface area contributed by atoms with E-state index in [0.29, 0.717) is 18.2 Å². The summed E-state index contributed by atoms with van der Waals surface area (Å²) in [6.07, 6.45) is 2.35. The molecule has 0 radical (unpaired) electrons. The zero-order valence-corrected chi connectivity index (χ0v) is 11.3. The summed E-state index contributed by atoms with van der Waals surface area (Å²) in [6.45, 7) is 0.428. The average Bonchev–Trinajstić information content (AvgIpc) is 3.22. The molecule has 4 N–H and O–H groups in total. The molecule has 104 valence electrons. The molecular formula is C13H20N4O2. The van der Waals surface area contributed by atoms with Gasteiger partial charge in [0.05, 0.1) is 12.3 Å². The normalized spacial score (nSPS) is 14.3. The van der Waals surface area contributed by atoms with Gasteiger partial charge in [-0.1, -0.05) is 12.1 Å². The van der Waals surface area contributed by atoms with Crippen LogP contribution in [-0.4, -0.2) is 25.2 Å². The van der Waals surface area contributed by atoms with Crippen LogP contribution in [0.3, 0.4) is 0 Å². The summed E-state index contributed by atoms with van der Waals surface area (Å²) < 4.78 is 5.24. The molecule has 0 unspecified atom stereocenters. The summed E-state index contributed by atoms with van der Waals surface area (Å²) in [6, 6.07) is 5.32.